The summed E-state index contributed by atoms with van der Waals surface area (Å²) in [4.78, 5) is 3.27. The number of hydrogen-bond donors (Lipinski definition) is 1. The van der Waals surface area contributed by atoms with Crippen molar-refractivity contribution in [1.82, 2.24) is 4.98 Å². The molecule has 0 unspecified atom stereocenters. The van der Waals surface area contributed by atoms with Crippen molar-refractivity contribution in [1.29, 1.82) is 0 Å². The molecular weight excluding hydrogens is 177 g/mol. The summed E-state index contributed by atoms with van der Waals surface area (Å²) in [6.45, 7) is 6.14. The van der Waals surface area contributed by atoms with Gasteiger partial charge in [0.1, 0.15) is 5.82 Å². The van der Waals surface area contributed by atoms with Crippen molar-refractivity contribution in [2.24, 2.45) is 0 Å². The molecule has 1 N–H and O–H groups in total. The average molecular weight is 191 g/mol. The Morgan fingerprint density at radius 3 is 2.57 bits per heavy atom. The third kappa shape index (κ3) is 1.41. The van der Waals surface area contributed by atoms with Crippen LogP contribution in [0.25, 0.3) is 10.9 Å². The third-order valence-electron chi connectivity index (χ3n) is 2.48. The van der Waals surface area contributed by atoms with Crippen LogP contribution in [0.3, 0.4) is 0 Å². The molecule has 14 heavy (non-hydrogen) atoms. The molecule has 0 aliphatic carbocycles. The van der Waals surface area contributed by atoms with Crippen LogP contribution in [0.5, 0.6) is 0 Å². The van der Waals surface area contributed by atoms with Crippen molar-refractivity contribution in [3.63, 3.8) is 0 Å². The maximum atomic E-state index is 13.3. The van der Waals surface area contributed by atoms with Gasteiger partial charge >= 0.3 is 0 Å². The number of fused-ring (bicyclic) bond motifs is 1. The highest BCUT2D eigenvalue weighted by Gasteiger charge is 2.09. The van der Waals surface area contributed by atoms with E-state index in [1.165, 1.54) is 0 Å². The van der Waals surface area contributed by atoms with E-state index in [1.54, 1.807) is 12.1 Å². The molecule has 0 saturated carbocycles. The lowest BCUT2D eigenvalue weighted by Gasteiger charge is -2.07. The van der Waals surface area contributed by atoms with E-state index in [0.717, 1.165) is 22.2 Å². The average Bonchev–Trinajstić information content (AvgIpc) is 2.42. The largest absolute Gasteiger partial charge is 0.358 e. The van der Waals surface area contributed by atoms with Crippen LogP contribution in [-0.4, -0.2) is 4.98 Å². The van der Waals surface area contributed by atoms with E-state index in [9.17, 15) is 4.39 Å². The van der Waals surface area contributed by atoms with Crippen molar-refractivity contribution in [2.75, 3.05) is 0 Å². The van der Waals surface area contributed by atoms with Gasteiger partial charge in [0, 0.05) is 16.6 Å². The number of nitrogens with one attached hydrogen (secondary N) is 1. The number of aromatic nitrogens is 1. The quantitative estimate of drug-likeness (QED) is 0.706. The second kappa shape index (κ2) is 3.12. The molecule has 0 fully saturated rings. The van der Waals surface area contributed by atoms with E-state index in [0.29, 0.717) is 5.92 Å². The molecule has 1 heterocycles. The minimum absolute atomic E-state index is 0.153. The summed E-state index contributed by atoms with van der Waals surface area (Å²) in [6, 6.07) is 5.16. The number of hydrogen-bond acceptors (Lipinski definition) is 0. The van der Waals surface area contributed by atoms with E-state index >= 15 is 0 Å². The predicted molar refractivity (Wildman–Crippen MR) is 57.1 cm³/mol. The number of halogens is 1. The summed E-state index contributed by atoms with van der Waals surface area (Å²) in [7, 11) is 0. The Bertz CT molecular complexity index is 468. The lowest BCUT2D eigenvalue weighted by molar-refractivity contribution is 0.625. The molecule has 2 rings (SSSR count). The summed E-state index contributed by atoms with van der Waals surface area (Å²) in [6.07, 6.45) is 0. The number of rotatable bonds is 1. The van der Waals surface area contributed by atoms with Crippen molar-refractivity contribution in [3.8, 4) is 0 Å². The number of aryl methyl sites for hydroxylation is 1. The van der Waals surface area contributed by atoms with Crippen LogP contribution in [-0.2, 0) is 0 Å². The van der Waals surface area contributed by atoms with Gasteiger partial charge in [-0.15, -0.1) is 0 Å². The molecule has 2 aromatic rings. The Hall–Kier alpha value is -1.31. The summed E-state index contributed by atoms with van der Waals surface area (Å²) in [5, 5.41) is 0.964. The monoisotopic (exact) mass is 191 g/mol. The van der Waals surface area contributed by atoms with Crippen LogP contribution in [0.4, 0.5) is 4.39 Å². The Morgan fingerprint density at radius 2 is 1.93 bits per heavy atom. The standard InChI is InChI=1S/C12H14FN/c1-7(2)11-6-10(13)5-9-4-8(3)14-12(9)11/h4-7,14H,1-3H3. The maximum absolute atomic E-state index is 13.3. The fourth-order valence-electron chi connectivity index (χ4n) is 1.83. The number of H-pyrrole nitrogens is 1. The molecule has 1 nitrogen and oxygen atoms in total. The van der Waals surface area contributed by atoms with E-state index in [2.05, 4.69) is 18.8 Å². The molecule has 0 saturated heterocycles. The molecule has 74 valence electrons. The molecule has 1 aromatic heterocycles. The third-order valence-corrected chi connectivity index (χ3v) is 2.48. The van der Waals surface area contributed by atoms with Gasteiger partial charge in [0.2, 0.25) is 0 Å². The number of aromatic amines is 1. The minimum Gasteiger partial charge on any atom is -0.358 e. The summed E-state index contributed by atoms with van der Waals surface area (Å²) in [5.41, 5.74) is 3.19. The second-order valence-corrected chi connectivity index (χ2v) is 4.07. The first-order valence-corrected chi connectivity index (χ1v) is 4.86. The lowest BCUT2D eigenvalue weighted by Crippen LogP contribution is -1.90. The molecule has 0 spiro atoms. The van der Waals surface area contributed by atoms with E-state index in [1.807, 2.05) is 13.0 Å². The Morgan fingerprint density at radius 1 is 1.21 bits per heavy atom. The maximum Gasteiger partial charge on any atom is 0.124 e. The number of benzene rings is 1. The summed E-state index contributed by atoms with van der Waals surface area (Å²) in [5.74, 6) is 0.187. The first-order chi connectivity index (χ1) is 6.58. The smallest absolute Gasteiger partial charge is 0.124 e. The van der Waals surface area contributed by atoms with Crippen LogP contribution in [0.15, 0.2) is 18.2 Å². The van der Waals surface area contributed by atoms with E-state index < -0.39 is 0 Å². The minimum atomic E-state index is -0.153. The van der Waals surface area contributed by atoms with Gasteiger partial charge in [0.25, 0.3) is 0 Å². The van der Waals surface area contributed by atoms with Crippen molar-refractivity contribution < 1.29 is 4.39 Å². The summed E-state index contributed by atoms with van der Waals surface area (Å²) < 4.78 is 13.3. The van der Waals surface area contributed by atoms with Crippen LogP contribution in [0.1, 0.15) is 31.0 Å². The molecule has 0 atom stereocenters. The zero-order valence-electron chi connectivity index (χ0n) is 8.69. The van der Waals surface area contributed by atoms with Gasteiger partial charge < -0.3 is 4.98 Å². The topological polar surface area (TPSA) is 15.8 Å². The first-order valence-electron chi connectivity index (χ1n) is 4.86. The molecule has 1 aromatic carbocycles. The van der Waals surface area contributed by atoms with Crippen LogP contribution in [0, 0.1) is 12.7 Å². The second-order valence-electron chi connectivity index (χ2n) is 4.07. The lowest BCUT2D eigenvalue weighted by atomic mass is 10.0. The van der Waals surface area contributed by atoms with Crippen LogP contribution >= 0.6 is 0 Å². The Balaban J connectivity index is 2.79. The van der Waals surface area contributed by atoms with Crippen LogP contribution < -0.4 is 0 Å². The van der Waals surface area contributed by atoms with Gasteiger partial charge in [-0.05, 0) is 36.6 Å². The van der Waals surface area contributed by atoms with Gasteiger partial charge in [0.15, 0.2) is 0 Å². The van der Waals surface area contributed by atoms with Gasteiger partial charge in [-0.3, -0.25) is 0 Å². The SMILES string of the molecule is Cc1cc2cc(F)cc(C(C)C)c2[nH]1. The highest BCUT2D eigenvalue weighted by molar-refractivity contribution is 5.84. The fourth-order valence-corrected chi connectivity index (χ4v) is 1.83. The van der Waals surface area contributed by atoms with E-state index in [-0.39, 0.29) is 5.82 Å². The van der Waals surface area contributed by atoms with Gasteiger partial charge in [-0.1, -0.05) is 13.8 Å². The Labute approximate surface area is 82.9 Å². The van der Waals surface area contributed by atoms with Gasteiger partial charge in [0.05, 0.1) is 0 Å². The molecule has 0 amide bonds. The van der Waals surface area contributed by atoms with E-state index in [4.69, 9.17) is 0 Å². The van der Waals surface area contributed by atoms with Crippen molar-refractivity contribution in [2.45, 2.75) is 26.7 Å². The fraction of sp³-hybridized carbons (Fsp3) is 0.333. The molecular formula is C12H14FN. The van der Waals surface area contributed by atoms with Gasteiger partial charge in [-0.25, -0.2) is 4.39 Å². The normalized spacial score (nSPS) is 11.5. The van der Waals surface area contributed by atoms with Crippen LogP contribution in [0.2, 0.25) is 0 Å². The Kier molecular flexibility index (Phi) is 2.06. The summed E-state index contributed by atoms with van der Waals surface area (Å²) >= 11 is 0. The highest BCUT2D eigenvalue weighted by atomic mass is 19.1. The predicted octanol–water partition coefficient (Wildman–Crippen LogP) is 3.74. The zero-order valence-corrected chi connectivity index (χ0v) is 8.69. The molecule has 0 aliphatic rings. The molecule has 0 bridgehead atoms. The molecule has 0 aliphatic heterocycles. The first kappa shape index (κ1) is 9.25. The zero-order chi connectivity index (χ0) is 10.3. The molecule has 0 radical (unpaired) electrons. The van der Waals surface area contributed by atoms with Crippen molar-refractivity contribution in [3.05, 3.63) is 35.3 Å². The van der Waals surface area contributed by atoms with Crippen molar-refractivity contribution >= 4 is 10.9 Å². The van der Waals surface area contributed by atoms with Gasteiger partial charge in [-0.2, -0.15) is 0 Å². The highest BCUT2D eigenvalue weighted by Crippen LogP contribution is 2.26. The molecule has 2 heteroatoms.